The van der Waals surface area contributed by atoms with Gasteiger partial charge in [0.05, 0.1) is 6.07 Å². The molecule has 1 aromatic heterocycles. The number of anilines is 1. The first-order valence-corrected chi connectivity index (χ1v) is 6.29. The number of fused-ring (bicyclic) bond motifs is 1. The predicted molar refractivity (Wildman–Crippen MR) is 71.5 cm³/mol. The van der Waals surface area contributed by atoms with Crippen LogP contribution >= 0.6 is 0 Å². The molecule has 98 valence electrons. The summed E-state index contributed by atoms with van der Waals surface area (Å²) in [6.45, 7) is 2.12. The minimum absolute atomic E-state index is 0.157. The van der Waals surface area contributed by atoms with Gasteiger partial charge in [-0.1, -0.05) is 13.3 Å². The molecule has 0 spiro atoms. The fraction of sp³-hybridized carbons (Fsp3) is 0.357. The lowest BCUT2D eigenvalue weighted by molar-refractivity contribution is -0.115. The number of hydrogen-bond donors (Lipinski definition) is 1. The predicted octanol–water partition coefficient (Wildman–Crippen LogP) is 3.02. The highest BCUT2D eigenvalue weighted by Crippen LogP contribution is 2.21. The van der Waals surface area contributed by atoms with Gasteiger partial charge < -0.3 is 9.73 Å². The van der Waals surface area contributed by atoms with E-state index in [0.29, 0.717) is 11.3 Å². The van der Waals surface area contributed by atoms with E-state index in [9.17, 15) is 4.79 Å². The third kappa shape index (κ3) is 3.32. The van der Waals surface area contributed by atoms with Crippen molar-refractivity contribution in [2.75, 3.05) is 5.32 Å². The summed E-state index contributed by atoms with van der Waals surface area (Å²) in [6.07, 6.45) is 2.80. The number of hydrogen-bond acceptors (Lipinski definition) is 4. The number of oxazole rings is 1. The standard InChI is InChI=1S/C14H15N3O2/c1-2-3-4-14-17-11-6-5-10(9-12(11)19-14)16-13(18)7-8-15/h5-6,9H,2-4,7H2,1H3,(H,16,18). The van der Waals surface area contributed by atoms with Crippen LogP contribution in [0.25, 0.3) is 11.1 Å². The lowest BCUT2D eigenvalue weighted by Crippen LogP contribution is -2.09. The van der Waals surface area contributed by atoms with Gasteiger partial charge in [0.25, 0.3) is 0 Å². The van der Waals surface area contributed by atoms with Crippen LogP contribution in [0.4, 0.5) is 5.69 Å². The Labute approximate surface area is 111 Å². The second kappa shape index (κ2) is 6.01. The Balaban J connectivity index is 2.16. The van der Waals surface area contributed by atoms with Crippen molar-refractivity contribution in [2.45, 2.75) is 32.6 Å². The molecule has 1 aromatic carbocycles. The maximum Gasteiger partial charge on any atom is 0.238 e. The molecule has 5 nitrogen and oxygen atoms in total. The van der Waals surface area contributed by atoms with Crippen LogP contribution in [0.3, 0.4) is 0 Å². The van der Waals surface area contributed by atoms with Crippen LogP contribution in [-0.4, -0.2) is 10.9 Å². The van der Waals surface area contributed by atoms with E-state index < -0.39 is 0 Å². The lowest BCUT2D eigenvalue weighted by Gasteiger charge is -2.01. The maximum absolute atomic E-state index is 11.3. The van der Waals surface area contributed by atoms with Gasteiger partial charge in [-0.25, -0.2) is 4.98 Å². The molecule has 1 heterocycles. The van der Waals surface area contributed by atoms with Crippen molar-refractivity contribution in [3.8, 4) is 6.07 Å². The zero-order chi connectivity index (χ0) is 13.7. The minimum atomic E-state index is -0.326. The summed E-state index contributed by atoms with van der Waals surface area (Å²) < 4.78 is 5.62. The summed E-state index contributed by atoms with van der Waals surface area (Å²) >= 11 is 0. The molecule has 0 aliphatic heterocycles. The molecule has 0 bridgehead atoms. The fourth-order valence-corrected chi connectivity index (χ4v) is 1.76. The Kier molecular flexibility index (Phi) is 4.14. The first-order chi connectivity index (χ1) is 9.22. The summed E-state index contributed by atoms with van der Waals surface area (Å²) in [5, 5.41) is 11.1. The first kappa shape index (κ1) is 13.1. The van der Waals surface area contributed by atoms with Crippen molar-refractivity contribution in [1.29, 1.82) is 5.26 Å². The van der Waals surface area contributed by atoms with E-state index >= 15 is 0 Å². The molecule has 5 heteroatoms. The summed E-state index contributed by atoms with van der Waals surface area (Å²) in [6, 6.07) is 7.09. The lowest BCUT2D eigenvalue weighted by atomic mass is 10.2. The van der Waals surface area contributed by atoms with Crippen molar-refractivity contribution in [3.05, 3.63) is 24.1 Å². The fourth-order valence-electron chi connectivity index (χ4n) is 1.76. The third-order valence-corrected chi connectivity index (χ3v) is 2.70. The number of aromatic nitrogens is 1. The number of aryl methyl sites for hydroxylation is 1. The van der Waals surface area contributed by atoms with Gasteiger partial charge in [0, 0.05) is 18.2 Å². The van der Waals surface area contributed by atoms with Gasteiger partial charge in [0.1, 0.15) is 11.9 Å². The van der Waals surface area contributed by atoms with Gasteiger partial charge in [0.2, 0.25) is 5.91 Å². The quantitative estimate of drug-likeness (QED) is 0.892. The Morgan fingerprint density at radius 2 is 2.37 bits per heavy atom. The minimum Gasteiger partial charge on any atom is -0.441 e. The number of amides is 1. The van der Waals surface area contributed by atoms with Crippen molar-refractivity contribution in [1.82, 2.24) is 4.98 Å². The molecule has 0 aliphatic carbocycles. The molecule has 0 fully saturated rings. The molecule has 1 amide bonds. The van der Waals surface area contributed by atoms with Crippen LogP contribution < -0.4 is 5.32 Å². The van der Waals surface area contributed by atoms with Gasteiger partial charge in [-0.3, -0.25) is 4.79 Å². The van der Waals surface area contributed by atoms with Crippen LogP contribution in [0.5, 0.6) is 0 Å². The molecule has 2 rings (SSSR count). The number of unbranched alkanes of at least 4 members (excludes halogenated alkanes) is 1. The molecule has 2 aromatic rings. The van der Waals surface area contributed by atoms with Gasteiger partial charge in [-0.2, -0.15) is 5.26 Å². The number of benzene rings is 1. The number of nitrogens with one attached hydrogen (secondary N) is 1. The van der Waals surface area contributed by atoms with E-state index in [1.807, 2.05) is 0 Å². The van der Waals surface area contributed by atoms with E-state index in [1.165, 1.54) is 0 Å². The normalized spacial score (nSPS) is 10.3. The smallest absolute Gasteiger partial charge is 0.238 e. The van der Waals surface area contributed by atoms with Crippen LogP contribution in [0.2, 0.25) is 0 Å². The molecule has 19 heavy (non-hydrogen) atoms. The molecule has 0 aliphatic rings. The molecule has 0 atom stereocenters. The SMILES string of the molecule is CCCCc1nc2ccc(NC(=O)CC#N)cc2o1. The van der Waals surface area contributed by atoms with Gasteiger partial charge in [-0.15, -0.1) is 0 Å². The van der Waals surface area contributed by atoms with Crippen LogP contribution in [0.15, 0.2) is 22.6 Å². The summed E-state index contributed by atoms with van der Waals surface area (Å²) in [4.78, 5) is 15.7. The molecule has 0 saturated heterocycles. The van der Waals surface area contributed by atoms with Gasteiger partial charge >= 0.3 is 0 Å². The van der Waals surface area contributed by atoms with Gasteiger partial charge in [0.15, 0.2) is 11.5 Å². The number of carbonyl (C=O) groups excluding carboxylic acids is 1. The Morgan fingerprint density at radius 3 is 3.11 bits per heavy atom. The molecule has 0 saturated carbocycles. The van der Waals surface area contributed by atoms with Crippen LogP contribution in [0.1, 0.15) is 32.1 Å². The Hall–Kier alpha value is -2.35. The number of rotatable bonds is 5. The number of nitriles is 1. The van der Waals surface area contributed by atoms with E-state index in [0.717, 1.165) is 30.7 Å². The van der Waals surface area contributed by atoms with Crippen LogP contribution in [0, 0.1) is 11.3 Å². The monoisotopic (exact) mass is 257 g/mol. The second-order valence-electron chi connectivity index (χ2n) is 4.28. The van der Waals surface area contributed by atoms with Crippen molar-refractivity contribution in [2.24, 2.45) is 0 Å². The summed E-state index contributed by atoms with van der Waals surface area (Å²) in [7, 11) is 0. The zero-order valence-corrected chi connectivity index (χ0v) is 10.8. The second-order valence-corrected chi connectivity index (χ2v) is 4.28. The maximum atomic E-state index is 11.3. The highest BCUT2D eigenvalue weighted by Gasteiger charge is 2.07. The third-order valence-electron chi connectivity index (χ3n) is 2.70. The number of carbonyl (C=O) groups is 1. The first-order valence-electron chi connectivity index (χ1n) is 6.29. The Bertz CT molecular complexity index is 625. The van der Waals surface area contributed by atoms with E-state index in [-0.39, 0.29) is 12.3 Å². The highest BCUT2D eigenvalue weighted by molar-refractivity contribution is 5.93. The molecule has 1 N–H and O–H groups in total. The average molecular weight is 257 g/mol. The molecule has 0 unspecified atom stereocenters. The van der Waals surface area contributed by atoms with Crippen molar-refractivity contribution in [3.63, 3.8) is 0 Å². The molecular weight excluding hydrogens is 242 g/mol. The van der Waals surface area contributed by atoms with Crippen molar-refractivity contribution < 1.29 is 9.21 Å². The van der Waals surface area contributed by atoms with E-state index in [4.69, 9.17) is 9.68 Å². The van der Waals surface area contributed by atoms with E-state index in [1.54, 1.807) is 24.3 Å². The molecule has 0 radical (unpaired) electrons. The summed E-state index contributed by atoms with van der Waals surface area (Å²) in [5.74, 6) is 0.393. The van der Waals surface area contributed by atoms with E-state index in [2.05, 4.69) is 17.2 Å². The van der Waals surface area contributed by atoms with Crippen LogP contribution in [-0.2, 0) is 11.2 Å². The summed E-state index contributed by atoms with van der Waals surface area (Å²) in [5.41, 5.74) is 2.05. The number of nitrogens with zero attached hydrogens (tertiary/aromatic N) is 2. The average Bonchev–Trinajstić information content (AvgIpc) is 2.78. The Morgan fingerprint density at radius 1 is 1.53 bits per heavy atom. The van der Waals surface area contributed by atoms with Crippen molar-refractivity contribution >= 4 is 22.7 Å². The zero-order valence-electron chi connectivity index (χ0n) is 10.8. The highest BCUT2D eigenvalue weighted by atomic mass is 16.3. The van der Waals surface area contributed by atoms with Gasteiger partial charge in [-0.05, 0) is 18.6 Å². The topological polar surface area (TPSA) is 78.9 Å². The molecular formula is C14H15N3O2. The largest absolute Gasteiger partial charge is 0.441 e.